The summed E-state index contributed by atoms with van der Waals surface area (Å²) in [7, 11) is 0. The quantitative estimate of drug-likeness (QED) is 0.820. The summed E-state index contributed by atoms with van der Waals surface area (Å²) in [5.74, 6) is 0. The average Bonchev–Trinajstić information content (AvgIpc) is 3.29. The first-order valence-electron chi connectivity index (χ1n) is 9.91. The lowest BCUT2D eigenvalue weighted by Crippen LogP contribution is -2.52. The van der Waals surface area contributed by atoms with Gasteiger partial charge in [0.25, 0.3) is 0 Å². The molecular weight excluding hydrogens is 350 g/mol. The van der Waals surface area contributed by atoms with E-state index in [0.717, 1.165) is 56.9 Å². The summed E-state index contributed by atoms with van der Waals surface area (Å²) < 4.78 is 5.89. The van der Waals surface area contributed by atoms with Crippen LogP contribution in [0, 0.1) is 0 Å². The molecule has 3 saturated heterocycles. The zero-order valence-corrected chi connectivity index (χ0v) is 15.8. The second-order valence-electron chi connectivity index (χ2n) is 8.10. The van der Waals surface area contributed by atoms with Gasteiger partial charge in [0, 0.05) is 37.2 Å². The number of morpholine rings is 1. The Labute approximate surface area is 159 Å². The highest BCUT2D eigenvalue weighted by Gasteiger charge is 2.38. The average molecular weight is 376 g/mol. The number of urea groups is 1. The van der Waals surface area contributed by atoms with Gasteiger partial charge in [-0.2, -0.15) is 0 Å². The van der Waals surface area contributed by atoms with Crippen molar-refractivity contribution in [3.63, 3.8) is 0 Å². The Balaban J connectivity index is 1.38. The number of amides is 2. The maximum atomic E-state index is 13.1. The van der Waals surface area contributed by atoms with Crippen LogP contribution in [0.2, 0.25) is 5.02 Å². The molecule has 3 fully saturated rings. The molecule has 2 amide bonds. The highest BCUT2D eigenvalue weighted by molar-refractivity contribution is 6.30. The molecule has 140 valence electrons. The first kappa shape index (κ1) is 16.8. The van der Waals surface area contributed by atoms with Crippen LogP contribution in [0.15, 0.2) is 12.1 Å². The van der Waals surface area contributed by atoms with Gasteiger partial charge in [0.1, 0.15) is 0 Å². The van der Waals surface area contributed by atoms with Crippen LogP contribution in [0.5, 0.6) is 0 Å². The number of likely N-dealkylation sites (tertiary alicyclic amines) is 1. The number of rotatable bonds is 1. The Bertz CT molecular complexity index is 707. The molecule has 0 saturated carbocycles. The summed E-state index contributed by atoms with van der Waals surface area (Å²) in [5.41, 5.74) is 3.92. The first-order valence-corrected chi connectivity index (χ1v) is 10.3. The predicted octanol–water partition coefficient (Wildman–Crippen LogP) is 3.11. The third kappa shape index (κ3) is 3.00. The summed E-state index contributed by atoms with van der Waals surface area (Å²) >= 11 is 6.39. The van der Waals surface area contributed by atoms with Crippen LogP contribution in [0.4, 0.5) is 4.79 Å². The molecule has 1 aromatic carbocycles. The molecule has 6 heteroatoms. The Kier molecular flexibility index (Phi) is 4.34. The SMILES string of the molecule is O=C(N1CCc2cc(Cl)cc([C@@H]3CCCN3)c2C1)N1CC2CCC(C1)O2. The van der Waals surface area contributed by atoms with Gasteiger partial charge in [-0.15, -0.1) is 0 Å². The maximum absolute atomic E-state index is 13.1. The van der Waals surface area contributed by atoms with E-state index in [9.17, 15) is 4.79 Å². The van der Waals surface area contributed by atoms with Gasteiger partial charge in [-0.05, 0) is 67.5 Å². The topological polar surface area (TPSA) is 44.8 Å². The van der Waals surface area contributed by atoms with Crippen LogP contribution in [0.25, 0.3) is 0 Å². The molecule has 4 heterocycles. The van der Waals surface area contributed by atoms with Crippen molar-refractivity contribution in [2.75, 3.05) is 26.2 Å². The molecule has 26 heavy (non-hydrogen) atoms. The van der Waals surface area contributed by atoms with Crippen LogP contribution in [-0.2, 0) is 17.7 Å². The highest BCUT2D eigenvalue weighted by Crippen LogP contribution is 2.35. The van der Waals surface area contributed by atoms with E-state index in [4.69, 9.17) is 16.3 Å². The van der Waals surface area contributed by atoms with Crippen LogP contribution in [0.3, 0.4) is 0 Å². The Hall–Kier alpha value is -1.30. The van der Waals surface area contributed by atoms with Crippen LogP contribution in [0.1, 0.15) is 48.4 Å². The van der Waals surface area contributed by atoms with E-state index in [1.165, 1.54) is 23.1 Å². The van der Waals surface area contributed by atoms with Gasteiger partial charge >= 0.3 is 6.03 Å². The number of hydrogen-bond acceptors (Lipinski definition) is 3. The third-order valence-corrected chi connectivity index (χ3v) is 6.58. The van der Waals surface area contributed by atoms with Crippen molar-refractivity contribution in [1.82, 2.24) is 15.1 Å². The molecule has 4 aliphatic heterocycles. The molecule has 2 bridgehead atoms. The molecule has 3 atom stereocenters. The minimum absolute atomic E-state index is 0.177. The lowest BCUT2D eigenvalue weighted by Gasteiger charge is -2.38. The molecule has 0 spiro atoms. The fourth-order valence-corrected chi connectivity index (χ4v) is 5.30. The number of carbonyl (C=O) groups excluding carboxylic acids is 1. The van der Waals surface area contributed by atoms with E-state index in [1.54, 1.807) is 0 Å². The number of carbonyl (C=O) groups is 1. The lowest BCUT2D eigenvalue weighted by molar-refractivity contribution is -0.0291. The van der Waals surface area contributed by atoms with Crippen molar-refractivity contribution in [3.05, 3.63) is 33.8 Å². The second-order valence-corrected chi connectivity index (χ2v) is 8.53. The molecule has 0 aromatic heterocycles. The number of benzene rings is 1. The summed E-state index contributed by atoms with van der Waals surface area (Å²) in [6, 6.07) is 4.74. The van der Waals surface area contributed by atoms with Gasteiger partial charge in [0.2, 0.25) is 0 Å². The monoisotopic (exact) mass is 375 g/mol. The summed E-state index contributed by atoms with van der Waals surface area (Å²) in [4.78, 5) is 17.2. The number of nitrogens with zero attached hydrogens (tertiary/aromatic N) is 2. The number of hydrogen-bond donors (Lipinski definition) is 1. The van der Waals surface area contributed by atoms with Crippen molar-refractivity contribution in [1.29, 1.82) is 0 Å². The number of halogens is 1. The Morgan fingerprint density at radius 1 is 1.15 bits per heavy atom. The van der Waals surface area contributed by atoms with Crippen molar-refractivity contribution in [2.45, 2.75) is 56.9 Å². The molecule has 0 aliphatic carbocycles. The summed E-state index contributed by atoms with van der Waals surface area (Å²) in [5, 5.41) is 4.41. The van der Waals surface area contributed by atoms with E-state index in [1.807, 2.05) is 9.80 Å². The molecule has 5 rings (SSSR count). The summed E-state index contributed by atoms with van der Waals surface area (Å²) in [6.07, 6.45) is 5.90. The van der Waals surface area contributed by atoms with E-state index < -0.39 is 0 Å². The minimum Gasteiger partial charge on any atom is -0.371 e. The smallest absolute Gasteiger partial charge is 0.320 e. The van der Waals surface area contributed by atoms with Gasteiger partial charge in [0.15, 0.2) is 0 Å². The minimum atomic E-state index is 0.177. The Morgan fingerprint density at radius 3 is 2.69 bits per heavy atom. The maximum Gasteiger partial charge on any atom is 0.320 e. The molecule has 5 nitrogen and oxygen atoms in total. The zero-order valence-electron chi connectivity index (χ0n) is 15.0. The first-order chi connectivity index (χ1) is 12.7. The van der Waals surface area contributed by atoms with Crippen molar-refractivity contribution < 1.29 is 9.53 Å². The van der Waals surface area contributed by atoms with Crippen LogP contribution < -0.4 is 5.32 Å². The van der Waals surface area contributed by atoms with Gasteiger partial charge in [0.05, 0.1) is 12.2 Å². The molecule has 1 aromatic rings. The van der Waals surface area contributed by atoms with E-state index in [2.05, 4.69) is 17.4 Å². The largest absolute Gasteiger partial charge is 0.371 e. The normalized spacial score (nSPS) is 30.6. The number of nitrogens with one attached hydrogen (secondary N) is 1. The van der Waals surface area contributed by atoms with Gasteiger partial charge < -0.3 is 19.9 Å². The molecule has 2 unspecified atom stereocenters. The standard InChI is InChI=1S/C20H26ClN3O2/c21-14-8-13-5-7-23(12-18(13)17(9-14)19-2-1-6-22-19)20(25)24-10-15-3-4-16(11-24)26-15/h8-9,15-16,19,22H,1-7,10-12H2/t15?,16?,19-/m0/s1. The van der Waals surface area contributed by atoms with Crippen LogP contribution in [-0.4, -0.2) is 54.2 Å². The number of ether oxygens (including phenoxy) is 1. The molecular formula is C20H26ClN3O2. The molecule has 4 aliphatic rings. The molecule has 1 N–H and O–H groups in total. The van der Waals surface area contributed by atoms with Gasteiger partial charge in [-0.1, -0.05) is 11.6 Å². The highest BCUT2D eigenvalue weighted by atomic mass is 35.5. The lowest BCUT2D eigenvalue weighted by atomic mass is 9.90. The predicted molar refractivity (Wildman–Crippen MR) is 100 cm³/mol. The fourth-order valence-electron chi connectivity index (χ4n) is 5.05. The fraction of sp³-hybridized carbons (Fsp3) is 0.650. The Morgan fingerprint density at radius 2 is 1.96 bits per heavy atom. The summed E-state index contributed by atoms with van der Waals surface area (Å²) in [6.45, 7) is 4.03. The van der Waals surface area contributed by atoms with Gasteiger partial charge in [-0.3, -0.25) is 0 Å². The van der Waals surface area contributed by atoms with E-state index in [-0.39, 0.29) is 18.2 Å². The van der Waals surface area contributed by atoms with Gasteiger partial charge in [-0.25, -0.2) is 4.79 Å². The number of fused-ring (bicyclic) bond motifs is 3. The van der Waals surface area contributed by atoms with E-state index >= 15 is 0 Å². The second kappa shape index (κ2) is 6.70. The van der Waals surface area contributed by atoms with Crippen LogP contribution >= 0.6 is 11.6 Å². The zero-order chi connectivity index (χ0) is 17.7. The third-order valence-electron chi connectivity index (χ3n) is 6.36. The van der Waals surface area contributed by atoms with Crippen molar-refractivity contribution in [2.24, 2.45) is 0 Å². The van der Waals surface area contributed by atoms with Crippen molar-refractivity contribution >= 4 is 17.6 Å². The van der Waals surface area contributed by atoms with Crippen molar-refractivity contribution in [3.8, 4) is 0 Å². The molecule has 0 radical (unpaired) electrons. The van der Waals surface area contributed by atoms with E-state index in [0.29, 0.717) is 12.6 Å².